The first-order valence-corrected chi connectivity index (χ1v) is 8.50. The van der Waals surface area contributed by atoms with Gasteiger partial charge in [0, 0.05) is 36.8 Å². The molecule has 8 nitrogen and oxygen atoms in total. The van der Waals surface area contributed by atoms with Crippen LogP contribution in [0, 0.1) is 17.0 Å². The molecule has 1 atom stereocenters. The average molecular weight is 348 g/mol. The Morgan fingerprint density at radius 1 is 1.36 bits per heavy atom. The number of amides is 2. The van der Waals surface area contributed by atoms with Crippen LogP contribution in [0.2, 0.25) is 0 Å². The van der Waals surface area contributed by atoms with Gasteiger partial charge < -0.3 is 15.5 Å². The van der Waals surface area contributed by atoms with E-state index in [2.05, 4.69) is 10.6 Å². The maximum absolute atomic E-state index is 12.7. The lowest BCUT2D eigenvalue weighted by atomic mass is 10.1. The zero-order chi connectivity index (χ0) is 18.4. The molecule has 8 heteroatoms. The molecule has 0 bridgehead atoms. The summed E-state index contributed by atoms with van der Waals surface area (Å²) in [4.78, 5) is 37.1. The molecule has 136 valence electrons. The van der Waals surface area contributed by atoms with Gasteiger partial charge in [-0.15, -0.1) is 0 Å². The molecule has 1 saturated heterocycles. The molecule has 1 aromatic rings. The van der Waals surface area contributed by atoms with Crippen molar-refractivity contribution in [1.29, 1.82) is 0 Å². The molecule has 2 N–H and O–H groups in total. The minimum atomic E-state index is -0.482. The van der Waals surface area contributed by atoms with Gasteiger partial charge in [-0.3, -0.25) is 19.7 Å². The van der Waals surface area contributed by atoms with Crippen LogP contribution in [0.3, 0.4) is 0 Å². The van der Waals surface area contributed by atoms with Crippen molar-refractivity contribution in [3.05, 3.63) is 39.4 Å². The Hall–Kier alpha value is -2.48. The second-order valence-corrected chi connectivity index (χ2v) is 6.06. The summed E-state index contributed by atoms with van der Waals surface area (Å²) >= 11 is 0. The van der Waals surface area contributed by atoms with Crippen LogP contribution in [0.25, 0.3) is 0 Å². The minimum Gasteiger partial charge on any atom is -0.353 e. The summed E-state index contributed by atoms with van der Waals surface area (Å²) in [5.74, 6) is -0.412. The molecule has 1 aromatic carbocycles. The van der Waals surface area contributed by atoms with E-state index < -0.39 is 11.0 Å². The molecule has 0 aliphatic carbocycles. The van der Waals surface area contributed by atoms with E-state index in [0.717, 1.165) is 13.0 Å². The van der Waals surface area contributed by atoms with E-state index in [1.807, 2.05) is 6.92 Å². The fourth-order valence-corrected chi connectivity index (χ4v) is 3.01. The summed E-state index contributed by atoms with van der Waals surface area (Å²) < 4.78 is 0. The second-order valence-electron chi connectivity index (χ2n) is 6.06. The van der Waals surface area contributed by atoms with Crippen LogP contribution in [0.4, 0.5) is 5.69 Å². The largest absolute Gasteiger partial charge is 0.353 e. The molecule has 0 spiro atoms. The van der Waals surface area contributed by atoms with Crippen molar-refractivity contribution in [2.75, 3.05) is 26.2 Å². The molecule has 1 aliphatic rings. The van der Waals surface area contributed by atoms with Crippen LogP contribution >= 0.6 is 0 Å². The molecule has 0 radical (unpaired) electrons. The van der Waals surface area contributed by atoms with Gasteiger partial charge in [-0.1, -0.05) is 6.92 Å². The molecule has 1 unspecified atom stereocenters. The number of hydrogen-bond acceptors (Lipinski definition) is 5. The number of rotatable bonds is 7. The van der Waals surface area contributed by atoms with Crippen LogP contribution in [0.5, 0.6) is 0 Å². The number of nitrogens with zero attached hydrogens (tertiary/aromatic N) is 2. The predicted molar refractivity (Wildman–Crippen MR) is 93.4 cm³/mol. The van der Waals surface area contributed by atoms with E-state index in [9.17, 15) is 19.7 Å². The first-order valence-electron chi connectivity index (χ1n) is 8.50. The first kappa shape index (κ1) is 18.9. The number of hydrogen-bond donors (Lipinski definition) is 2. The van der Waals surface area contributed by atoms with E-state index in [1.54, 1.807) is 11.8 Å². The highest BCUT2D eigenvalue weighted by Gasteiger charge is 2.34. The molecule has 1 aliphatic heterocycles. The number of aryl methyl sites for hydroxylation is 1. The van der Waals surface area contributed by atoms with Crippen molar-refractivity contribution >= 4 is 17.5 Å². The molecule has 0 aromatic heterocycles. The van der Waals surface area contributed by atoms with Crippen molar-refractivity contribution in [3.63, 3.8) is 0 Å². The molecule has 1 heterocycles. The van der Waals surface area contributed by atoms with Gasteiger partial charge >= 0.3 is 0 Å². The van der Waals surface area contributed by atoms with Gasteiger partial charge in [-0.05, 0) is 38.4 Å². The summed E-state index contributed by atoms with van der Waals surface area (Å²) in [5.41, 5.74) is 0.785. The summed E-state index contributed by atoms with van der Waals surface area (Å²) in [6, 6.07) is 3.82. The molecule has 0 saturated carbocycles. The number of likely N-dealkylation sites (tertiary alicyclic amines) is 1. The van der Waals surface area contributed by atoms with E-state index in [4.69, 9.17) is 0 Å². The summed E-state index contributed by atoms with van der Waals surface area (Å²) in [6.45, 7) is 6.14. The highest BCUT2D eigenvalue weighted by molar-refractivity contribution is 5.98. The van der Waals surface area contributed by atoms with E-state index in [0.29, 0.717) is 37.2 Å². The van der Waals surface area contributed by atoms with Crippen LogP contribution in [-0.2, 0) is 4.79 Å². The number of benzene rings is 1. The van der Waals surface area contributed by atoms with Crippen molar-refractivity contribution in [2.45, 2.75) is 32.7 Å². The van der Waals surface area contributed by atoms with Crippen molar-refractivity contribution < 1.29 is 14.5 Å². The van der Waals surface area contributed by atoms with E-state index in [1.165, 1.54) is 18.2 Å². The number of nitrogens with one attached hydrogen (secondary N) is 2. The third-order valence-electron chi connectivity index (χ3n) is 4.31. The monoisotopic (exact) mass is 348 g/mol. The van der Waals surface area contributed by atoms with Crippen LogP contribution < -0.4 is 10.6 Å². The smallest absolute Gasteiger partial charge is 0.272 e. The Balaban J connectivity index is 2.06. The Morgan fingerprint density at radius 3 is 2.76 bits per heavy atom. The number of nitro groups is 1. The van der Waals surface area contributed by atoms with Gasteiger partial charge in [-0.2, -0.15) is 0 Å². The van der Waals surface area contributed by atoms with Gasteiger partial charge in [0.15, 0.2) is 0 Å². The standard InChI is InChI=1S/C17H24N4O4/c1-3-18-8-9-19-16(22)15-5-4-10-20(15)17(23)13-6-7-14(21(24)25)12(2)11-13/h6-7,11,15,18H,3-5,8-10H2,1-2H3,(H,19,22). The molecule has 25 heavy (non-hydrogen) atoms. The van der Waals surface area contributed by atoms with Crippen molar-refractivity contribution in [2.24, 2.45) is 0 Å². The quantitative estimate of drug-likeness (QED) is 0.438. The zero-order valence-electron chi connectivity index (χ0n) is 14.6. The maximum Gasteiger partial charge on any atom is 0.272 e. The first-order chi connectivity index (χ1) is 12.0. The topological polar surface area (TPSA) is 105 Å². The Morgan fingerprint density at radius 2 is 2.12 bits per heavy atom. The summed E-state index contributed by atoms with van der Waals surface area (Å²) in [5, 5.41) is 16.9. The van der Waals surface area contributed by atoms with E-state index >= 15 is 0 Å². The molecular weight excluding hydrogens is 324 g/mol. The Bertz CT molecular complexity index is 662. The third-order valence-corrected chi connectivity index (χ3v) is 4.31. The Labute approximate surface area is 146 Å². The lowest BCUT2D eigenvalue weighted by Crippen LogP contribution is -2.47. The lowest BCUT2D eigenvalue weighted by molar-refractivity contribution is -0.385. The molecule has 2 rings (SSSR count). The predicted octanol–water partition coefficient (Wildman–Crippen LogP) is 1.23. The zero-order valence-corrected chi connectivity index (χ0v) is 14.6. The normalized spacial score (nSPS) is 16.7. The van der Waals surface area contributed by atoms with Crippen LogP contribution in [-0.4, -0.2) is 53.9 Å². The number of nitro benzene ring substituents is 1. The lowest BCUT2D eigenvalue weighted by Gasteiger charge is -2.24. The minimum absolute atomic E-state index is 0.0179. The maximum atomic E-state index is 12.7. The number of likely N-dealkylation sites (N-methyl/N-ethyl adjacent to an activating group) is 1. The number of carbonyl (C=O) groups excluding carboxylic acids is 2. The highest BCUT2D eigenvalue weighted by Crippen LogP contribution is 2.23. The van der Waals surface area contributed by atoms with Gasteiger partial charge in [0.2, 0.25) is 5.91 Å². The van der Waals surface area contributed by atoms with E-state index in [-0.39, 0.29) is 17.5 Å². The van der Waals surface area contributed by atoms with Crippen molar-refractivity contribution in [3.8, 4) is 0 Å². The molecule has 1 fully saturated rings. The molecular formula is C17H24N4O4. The SMILES string of the molecule is CCNCCNC(=O)C1CCCN1C(=O)c1ccc([N+](=O)[O-])c(C)c1. The van der Waals surface area contributed by atoms with Crippen LogP contribution in [0.1, 0.15) is 35.7 Å². The van der Waals surface area contributed by atoms with Crippen molar-refractivity contribution in [1.82, 2.24) is 15.5 Å². The molecule has 2 amide bonds. The summed E-state index contributed by atoms with van der Waals surface area (Å²) in [7, 11) is 0. The fourth-order valence-electron chi connectivity index (χ4n) is 3.01. The van der Waals surface area contributed by atoms with Gasteiger partial charge in [0.05, 0.1) is 4.92 Å². The van der Waals surface area contributed by atoms with Gasteiger partial charge in [0.25, 0.3) is 11.6 Å². The number of carbonyl (C=O) groups is 2. The average Bonchev–Trinajstić information content (AvgIpc) is 3.07. The highest BCUT2D eigenvalue weighted by atomic mass is 16.6. The fraction of sp³-hybridized carbons (Fsp3) is 0.529. The second kappa shape index (κ2) is 8.57. The third kappa shape index (κ3) is 4.54. The summed E-state index contributed by atoms with van der Waals surface area (Å²) in [6.07, 6.45) is 1.40. The van der Waals surface area contributed by atoms with Gasteiger partial charge in [-0.25, -0.2) is 0 Å². The Kier molecular flexibility index (Phi) is 6.46. The van der Waals surface area contributed by atoms with Crippen LogP contribution in [0.15, 0.2) is 18.2 Å². The van der Waals surface area contributed by atoms with Gasteiger partial charge in [0.1, 0.15) is 6.04 Å².